The Balaban J connectivity index is 1.95. The van der Waals surface area contributed by atoms with Gasteiger partial charge in [0.25, 0.3) is 5.91 Å². The maximum atomic E-state index is 12.3. The molecule has 0 atom stereocenters. The molecule has 1 heterocycles. The summed E-state index contributed by atoms with van der Waals surface area (Å²) in [6.07, 6.45) is 1.08. The molecule has 0 fully saturated rings. The molecule has 1 aromatic heterocycles. The molecular formula is C17H13NO5S. The van der Waals surface area contributed by atoms with Gasteiger partial charge in [0, 0.05) is 18.0 Å². The van der Waals surface area contributed by atoms with Gasteiger partial charge in [-0.2, -0.15) is 0 Å². The van der Waals surface area contributed by atoms with E-state index in [1.807, 2.05) is 0 Å². The van der Waals surface area contributed by atoms with E-state index >= 15 is 0 Å². The van der Waals surface area contributed by atoms with Crippen molar-refractivity contribution in [2.45, 2.75) is 4.90 Å². The van der Waals surface area contributed by atoms with Crippen LogP contribution in [0.3, 0.4) is 0 Å². The highest BCUT2D eigenvalue weighted by molar-refractivity contribution is 7.90. The topological polar surface area (TPSA) is 93.5 Å². The van der Waals surface area contributed by atoms with Gasteiger partial charge in [-0.3, -0.25) is 9.59 Å². The van der Waals surface area contributed by atoms with Crippen LogP contribution in [-0.2, 0) is 9.84 Å². The molecule has 0 aliphatic heterocycles. The zero-order valence-electron chi connectivity index (χ0n) is 12.6. The summed E-state index contributed by atoms with van der Waals surface area (Å²) < 4.78 is 28.6. The Hall–Kier alpha value is -2.93. The Morgan fingerprint density at radius 1 is 1.04 bits per heavy atom. The normalized spacial score (nSPS) is 11.4. The third-order valence-electron chi connectivity index (χ3n) is 3.38. The van der Waals surface area contributed by atoms with Gasteiger partial charge >= 0.3 is 0 Å². The predicted molar refractivity (Wildman–Crippen MR) is 90.0 cm³/mol. The molecule has 3 aromatic rings. The Labute approximate surface area is 137 Å². The van der Waals surface area contributed by atoms with Crippen molar-refractivity contribution in [1.82, 2.24) is 0 Å². The summed E-state index contributed by atoms with van der Waals surface area (Å²) in [6, 6.07) is 13.5. The Kier molecular flexibility index (Phi) is 3.94. The van der Waals surface area contributed by atoms with Gasteiger partial charge in [-0.25, -0.2) is 8.42 Å². The molecule has 2 aromatic carbocycles. The van der Waals surface area contributed by atoms with Crippen LogP contribution in [0.15, 0.2) is 68.7 Å². The van der Waals surface area contributed by atoms with Crippen molar-refractivity contribution in [1.29, 1.82) is 0 Å². The number of hydrogen-bond donors (Lipinski definition) is 1. The maximum absolute atomic E-state index is 12.3. The lowest BCUT2D eigenvalue weighted by atomic mass is 10.2. The van der Waals surface area contributed by atoms with Crippen LogP contribution in [0.25, 0.3) is 11.0 Å². The highest BCUT2D eigenvalue weighted by Crippen LogP contribution is 2.17. The molecule has 0 saturated carbocycles. The van der Waals surface area contributed by atoms with Crippen molar-refractivity contribution >= 4 is 32.4 Å². The number of hydrogen-bond acceptors (Lipinski definition) is 5. The summed E-state index contributed by atoms with van der Waals surface area (Å²) in [5.74, 6) is -0.785. The Bertz CT molecular complexity index is 1100. The summed E-state index contributed by atoms with van der Waals surface area (Å²) >= 11 is 0. The minimum absolute atomic E-state index is 0.0836. The average Bonchev–Trinajstić information content (AvgIpc) is 2.54. The fourth-order valence-corrected chi connectivity index (χ4v) is 2.88. The van der Waals surface area contributed by atoms with Crippen LogP contribution in [0.1, 0.15) is 10.6 Å². The Morgan fingerprint density at radius 2 is 1.79 bits per heavy atom. The van der Waals surface area contributed by atoms with Crippen LogP contribution in [0.5, 0.6) is 0 Å². The zero-order chi connectivity index (χ0) is 17.3. The first-order valence-electron chi connectivity index (χ1n) is 6.99. The summed E-state index contributed by atoms with van der Waals surface area (Å²) in [5.41, 5.74) is 0.269. The molecule has 1 amide bonds. The molecule has 0 aliphatic carbocycles. The van der Waals surface area contributed by atoms with Gasteiger partial charge in [-0.1, -0.05) is 18.2 Å². The van der Waals surface area contributed by atoms with Gasteiger partial charge in [0.15, 0.2) is 21.0 Å². The van der Waals surface area contributed by atoms with Crippen molar-refractivity contribution in [3.63, 3.8) is 0 Å². The van der Waals surface area contributed by atoms with Gasteiger partial charge < -0.3 is 9.73 Å². The van der Waals surface area contributed by atoms with Crippen molar-refractivity contribution in [2.75, 3.05) is 11.6 Å². The molecule has 0 saturated heterocycles. The molecule has 0 bridgehead atoms. The first kappa shape index (κ1) is 15.9. The molecule has 122 valence electrons. The molecule has 1 N–H and O–H groups in total. The molecule has 0 spiro atoms. The molecule has 0 aliphatic rings. The quantitative estimate of drug-likeness (QED) is 0.788. The third kappa shape index (κ3) is 3.21. The number of benzene rings is 2. The number of fused-ring (bicyclic) bond motifs is 1. The maximum Gasteiger partial charge on any atom is 0.291 e. The molecule has 0 unspecified atom stereocenters. The highest BCUT2D eigenvalue weighted by Gasteiger charge is 2.14. The van der Waals surface area contributed by atoms with Crippen molar-refractivity contribution in [3.05, 3.63) is 70.6 Å². The number of sulfone groups is 1. The predicted octanol–water partition coefficient (Wildman–Crippen LogP) is 2.45. The molecule has 7 heteroatoms. The number of rotatable bonds is 3. The van der Waals surface area contributed by atoms with Crippen molar-refractivity contribution in [2.24, 2.45) is 0 Å². The van der Waals surface area contributed by atoms with E-state index in [2.05, 4.69) is 5.32 Å². The van der Waals surface area contributed by atoms with E-state index in [9.17, 15) is 18.0 Å². The van der Waals surface area contributed by atoms with Gasteiger partial charge in [0.2, 0.25) is 0 Å². The van der Waals surface area contributed by atoms with E-state index in [0.29, 0.717) is 16.7 Å². The molecule has 24 heavy (non-hydrogen) atoms. The minimum Gasteiger partial charge on any atom is -0.451 e. The van der Waals surface area contributed by atoms with E-state index in [0.717, 1.165) is 12.3 Å². The van der Waals surface area contributed by atoms with Crippen molar-refractivity contribution < 1.29 is 17.6 Å². The number of nitrogens with one attached hydrogen (secondary N) is 1. The minimum atomic E-state index is -3.39. The molecule has 0 radical (unpaired) electrons. The number of carbonyl (C=O) groups is 1. The number of carbonyl (C=O) groups excluding carboxylic acids is 1. The molecular weight excluding hydrogens is 330 g/mol. The van der Waals surface area contributed by atoms with Crippen LogP contribution in [0.4, 0.5) is 5.69 Å². The number of para-hydroxylation sites is 1. The summed E-state index contributed by atoms with van der Waals surface area (Å²) in [6.45, 7) is 0. The first-order valence-corrected chi connectivity index (χ1v) is 8.88. The average molecular weight is 343 g/mol. The SMILES string of the molecule is CS(=O)(=O)c1cccc(NC(=O)c2cc(=O)c3ccccc3o2)c1. The number of amides is 1. The second kappa shape index (κ2) is 5.93. The van der Waals surface area contributed by atoms with Crippen LogP contribution >= 0.6 is 0 Å². The first-order chi connectivity index (χ1) is 11.3. The highest BCUT2D eigenvalue weighted by atomic mass is 32.2. The number of anilines is 1. The van der Waals surface area contributed by atoms with Crippen LogP contribution < -0.4 is 10.7 Å². The van der Waals surface area contributed by atoms with Crippen LogP contribution in [0, 0.1) is 0 Å². The van der Waals surface area contributed by atoms with Gasteiger partial charge in [-0.15, -0.1) is 0 Å². The van der Waals surface area contributed by atoms with Crippen LogP contribution in [0.2, 0.25) is 0 Å². The lowest BCUT2D eigenvalue weighted by Gasteiger charge is -2.07. The molecule has 6 nitrogen and oxygen atoms in total. The van der Waals surface area contributed by atoms with E-state index in [-0.39, 0.29) is 16.1 Å². The van der Waals surface area contributed by atoms with Gasteiger partial charge in [0.1, 0.15) is 5.58 Å². The summed E-state index contributed by atoms with van der Waals surface area (Å²) in [4.78, 5) is 24.4. The van der Waals surface area contributed by atoms with E-state index in [1.165, 1.54) is 18.2 Å². The largest absolute Gasteiger partial charge is 0.451 e. The van der Waals surface area contributed by atoms with Gasteiger partial charge in [0.05, 0.1) is 10.3 Å². The summed E-state index contributed by atoms with van der Waals surface area (Å²) in [5, 5.41) is 2.91. The lowest BCUT2D eigenvalue weighted by Crippen LogP contribution is -2.15. The smallest absolute Gasteiger partial charge is 0.291 e. The van der Waals surface area contributed by atoms with E-state index in [4.69, 9.17) is 4.42 Å². The second-order valence-electron chi connectivity index (χ2n) is 5.23. The van der Waals surface area contributed by atoms with Crippen molar-refractivity contribution in [3.8, 4) is 0 Å². The van der Waals surface area contributed by atoms with Gasteiger partial charge in [-0.05, 0) is 30.3 Å². The fourth-order valence-electron chi connectivity index (χ4n) is 2.21. The van der Waals surface area contributed by atoms with E-state index in [1.54, 1.807) is 30.3 Å². The Morgan fingerprint density at radius 3 is 2.54 bits per heavy atom. The fraction of sp³-hybridized carbons (Fsp3) is 0.0588. The second-order valence-corrected chi connectivity index (χ2v) is 7.24. The third-order valence-corrected chi connectivity index (χ3v) is 4.49. The van der Waals surface area contributed by atoms with E-state index < -0.39 is 15.7 Å². The standard InChI is InChI=1S/C17H13NO5S/c1-24(21,22)12-6-4-5-11(9-12)18-17(20)16-10-14(19)13-7-2-3-8-15(13)23-16/h2-10H,1H3,(H,18,20). The zero-order valence-corrected chi connectivity index (χ0v) is 13.5. The monoisotopic (exact) mass is 343 g/mol. The lowest BCUT2D eigenvalue weighted by molar-refractivity contribution is 0.0997. The molecule has 3 rings (SSSR count). The summed E-state index contributed by atoms with van der Waals surface area (Å²) in [7, 11) is -3.39. The van der Waals surface area contributed by atoms with Crippen LogP contribution in [-0.4, -0.2) is 20.6 Å².